The molecule has 0 aromatic carbocycles. The number of hydrogen-bond donors (Lipinski definition) is 1. The van der Waals surface area contributed by atoms with E-state index in [-0.39, 0.29) is 1.43 Å². The van der Waals surface area contributed by atoms with E-state index in [0.29, 0.717) is 0 Å². The smallest absolute Gasteiger partial charge is 0.309 e. The van der Waals surface area contributed by atoms with Crippen molar-refractivity contribution >= 4 is 5.82 Å². The molecule has 3 nitrogen and oxygen atoms in total. The summed E-state index contributed by atoms with van der Waals surface area (Å²) < 4.78 is 6.56. The fourth-order valence-electron chi connectivity index (χ4n) is 0.589. The highest BCUT2D eigenvalue weighted by atomic mass is 16.5. The number of hydrogen-bond acceptors (Lipinski definition) is 2. The molecule has 0 amide bonds. The first-order valence-corrected chi connectivity index (χ1v) is 2.46. The number of nitrogens with one attached hydrogen (secondary N) is 1. The molecule has 0 aliphatic heterocycles. The summed E-state index contributed by atoms with van der Waals surface area (Å²) in [7, 11) is 3.69. The summed E-state index contributed by atoms with van der Waals surface area (Å²) in [4.78, 5) is 0. The molecule has 1 N–H and O–H groups in total. The Morgan fingerprint density at radius 2 is 2.62 bits per heavy atom. The van der Waals surface area contributed by atoms with Gasteiger partial charge in [-0.15, -0.1) is 0 Å². The molecular formula is C5H11N2O+. The SMILES string of the molecule is CNc1cco[n+]1C.[HH]. The van der Waals surface area contributed by atoms with Gasteiger partial charge in [0.1, 0.15) is 7.05 Å². The van der Waals surface area contributed by atoms with Crippen LogP contribution >= 0.6 is 0 Å². The maximum Gasteiger partial charge on any atom is 0.311 e. The van der Waals surface area contributed by atoms with Crippen LogP contribution in [-0.4, -0.2) is 7.05 Å². The van der Waals surface area contributed by atoms with Crippen LogP contribution in [0.5, 0.6) is 0 Å². The molecule has 1 aromatic rings. The topological polar surface area (TPSA) is 29.1 Å². The molecule has 1 rings (SSSR count). The minimum absolute atomic E-state index is 0. The molecule has 1 heterocycles. The van der Waals surface area contributed by atoms with Gasteiger partial charge < -0.3 is 4.52 Å². The van der Waals surface area contributed by atoms with E-state index in [1.165, 1.54) is 0 Å². The second-order valence-corrected chi connectivity index (χ2v) is 1.54. The van der Waals surface area contributed by atoms with Crippen molar-refractivity contribution in [3.05, 3.63) is 12.3 Å². The van der Waals surface area contributed by atoms with E-state index in [2.05, 4.69) is 5.32 Å². The lowest BCUT2D eigenvalue weighted by molar-refractivity contribution is -0.833. The van der Waals surface area contributed by atoms with Gasteiger partial charge in [-0.25, -0.2) is 0 Å². The third kappa shape index (κ3) is 0.665. The molecule has 46 valence electrons. The van der Waals surface area contributed by atoms with Gasteiger partial charge in [-0.3, -0.25) is 5.32 Å². The van der Waals surface area contributed by atoms with Crippen LogP contribution in [0.4, 0.5) is 5.82 Å². The lowest BCUT2D eigenvalue weighted by Gasteiger charge is -1.83. The van der Waals surface area contributed by atoms with Gasteiger partial charge in [0.05, 0.1) is 13.1 Å². The standard InChI is InChI=1S/C5H8N2O.H2/c1-6-5-3-4-8-7(5)2;/h3-4H,1-2H3;1H/p+1. The highest BCUT2D eigenvalue weighted by Crippen LogP contribution is 1.93. The lowest BCUT2D eigenvalue weighted by Crippen LogP contribution is -2.27. The quantitative estimate of drug-likeness (QED) is 0.536. The van der Waals surface area contributed by atoms with E-state index >= 15 is 0 Å². The van der Waals surface area contributed by atoms with E-state index in [0.717, 1.165) is 5.82 Å². The van der Waals surface area contributed by atoms with Gasteiger partial charge in [-0.2, -0.15) is 0 Å². The van der Waals surface area contributed by atoms with Crippen LogP contribution in [0.15, 0.2) is 16.9 Å². The van der Waals surface area contributed by atoms with Crippen molar-refractivity contribution in [2.24, 2.45) is 7.05 Å². The van der Waals surface area contributed by atoms with Gasteiger partial charge >= 0.3 is 5.82 Å². The first-order chi connectivity index (χ1) is 3.84. The molecule has 0 saturated carbocycles. The summed E-state index contributed by atoms with van der Waals surface area (Å²) in [5, 5.41) is 2.94. The lowest BCUT2D eigenvalue weighted by atomic mass is 10.6. The first-order valence-electron chi connectivity index (χ1n) is 2.46. The van der Waals surface area contributed by atoms with Crippen LogP contribution in [0.2, 0.25) is 0 Å². The minimum Gasteiger partial charge on any atom is -0.309 e. The molecule has 0 fully saturated rings. The summed E-state index contributed by atoms with van der Waals surface area (Å²) in [5.41, 5.74) is 0. The molecular weight excluding hydrogens is 104 g/mol. The van der Waals surface area contributed by atoms with Crippen molar-refractivity contribution in [2.75, 3.05) is 12.4 Å². The van der Waals surface area contributed by atoms with Crippen LogP contribution in [-0.2, 0) is 7.05 Å². The molecule has 0 spiro atoms. The van der Waals surface area contributed by atoms with Crippen LogP contribution in [0.1, 0.15) is 1.43 Å². The van der Waals surface area contributed by atoms with Crippen LogP contribution < -0.4 is 10.1 Å². The van der Waals surface area contributed by atoms with E-state index in [9.17, 15) is 0 Å². The van der Waals surface area contributed by atoms with E-state index in [4.69, 9.17) is 4.52 Å². The normalized spacial score (nSPS) is 9.25. The molecule has 0 bridgehead atoms. The van der Waals surface area contributed by atoms with E-state index in [1.807, 2.05) is 20.2 Å². The minimum atomic E-state index is 0. The summed E-state index contributed by atoms with van der Waals surface area (Å²) in [6.45, 7) is 0. The second-order valence-electron chi connectivity index (χ2n) is 1.54. The third-order valence-electron chi connectivity index (χ3n) is 1.04. The fraction of sp³-hybridized carbons (Fsp3) is 0.400. The highest BCUT2D eigenvalue weighted by molar-refractivity contribution is 5.23. The summed E-state index contributed by atoms with van der Waals surface area (Å²) in [6.07, 6.45) is 1.63. The average molecular weight is 115 g/mol. The van der Waals surface area contributed by atoms with Crippen molar-refractivity contribution in [3.63, 3.8) is 0 Å². The second kappa shape index (κ2) is 1.86. The van der Waals surface area contributed by atoms with Gasteiger partial charge in [0, 0.05) is 1.43 Å². The highest BCUT2D eigenvalue weighted by Gasteiger charge is 2.01. The zero-order chi connectivity index (χ0) is 5.98. The third-order valence-corrected chi connectivity index (χ3v) is 1.04. The van der Waals surface area contributed by atoms with Crippen molar-refractivity contribution in [3.8, 4) is 0 Å². The fourth-order valence-corrected chi connectivity index (χ4v) is 0.589. The number of aromatic nitrogens is 1. The van der Waals surface area contributed by atoms with Crippen LogP contribution in [0.25, 0.3) is 0 Å². The maximum atomic E-state index is 4.91. The Morgan fingerprint density at radius 3 is 2.88 bits per heavy atom. The number of aryl methyl sites for hydroxylation is 1. The molecule has 1 aromatic heterocycles. The maximum absolute atomic E-state index is 4.91. The summed E-state index contributed by atoms with van der Waals surface area (Å²) in [6, 6.07) is 1.86. The van der Waals surface area contributed by atoms with Crippen LogP contribution in [0.3, 0.4) is 0 Å². The van der Waals surface area contributed by atoms with E-state index in [1.54, 1.807) is 11.0 Å². The molecule has 0 unspecified atom stereocenters. The molecule has 0 saturated heterocycles. The predicted octanol–water partition coefficient (Wildman–Crippen LogP) is 0.392. The summed E-state index contributed by atoms with van der Waals surface area (Å²) >= 11 is 0. The Kier molecular flexibility index (Phi) is 1.20. The summed E-state index contributed by atoms with van der Waals surface area (Å²) in [5.74, 6) is 0.977. The zero-order valence-electron chi connectivity index (χ0n) is 5.01. The van der Waals surface area contributed by atoms with Crippen molar-refractivity contribution in [1.29, 1.82) is 0 Å². The Hall–Kier alpha value is -0.990. The van der Waals surface area contributed by atoms with E-state index < -0.39 is 0 Å². The van der Waals surface area contributed by atoms with Gasteiger partial charge in [-0.1, -0.05) is 4.74 Å². The molecule has 0 aliphatic rings. The van der Waals surface area contributed by atoms with Crippen molar-refractivity contribution in [2.45, 2.75) is 0 Å². The Labute approximate surface area is 49.4 Å². The Bertz CT molecular complexity index is 175. The van der Waals surface area contributed by atoms with Gasteiger partial charge in [-0.05, 0) is 0 Å². The van der Waals surface area contributed by atoms with Crippen molar-refractivity contribution in [1.82, 2.24) is 0 Å². The van der Waals surface area contributed by atoms with Gasteiger partial charge in [0.2, 0.25) is 0 Å². The largest absolute Gasteiger partial charge is 0.311 e. The molecule has 0 radical (unpaired) electrons. The predicted molar refractivity (Wildman–Crippen MR) is 31.5 cm³/mol. The zero-order valence-corrected chi connectivity index (χ0v) is 5.01. The number of nitrogens with zero attached hydrogens (tertiary/aromatic N) is 1. The molecule has 8 heavy (non-hydrogen) atoms. The molecule has 0 atom stereocenters. The molecule has 3 heteroatoms. The number of rotatable bonds is 1. The molecule has 0 aliphatic carbocycles. The Morgan fingerprint density at radius 1 is 1.88 bits per heavy atom. The Balaban J connectivity index is 0.000000640. The average Bonchev–Trinajstić information content (AvgIpc) is 2.14. The van der Waals surface area contributed by atoms with Gasteiger partial charge in [0.25, 0.3) is 0 Å². The van der Waals surface area contributed by atoms with Crippen molar-refractivity contribution < 1.29 is 10.7 Å². The monoisotopic (exact) mass is 115 g/mol. The van der Waals surface area contributed by atoms with Crippen LogP contribution in [0, 0.1) is 0 Å². The number of anilines is 1. The van der Waals surface area contributed by atoms with Gasteiger partial charge in [0.15, 0.2) is 6.26 Å². The first kappa shape index (κ1) is 5.15.